The Morgan fingerprint density at radius 3 is 2.67 bits per heavy atom. The lowest BCUT2D eigenvalue weighted by atomic mass is 10.2. The monoisotopic (exact) mass is 311 g/mol. The van der Waals surface area contributed by atoms with E-state index < -0.39 is 17.5 Å². The summed E-state index contributed by atoms with van der Waals surface area (Å²) in [6, 6.07) is 7.87. The number of halogens is 3. The largest absolute Gasteiger partial charge is 0.484 e. The number of carbonyl (C=O) groups is 1. The van der Waals surface area contributed by atoms with Crippen LogP contribution in [0.25, 0.3) is 0 Å². The van der Waals surface area contributed by atoms with Crippen LogP contribution in [0.5, 0.6) is 5.75 Å². The molecule has 0 fully saturated rings. The summed E-state index contributed by atoms with van der Waals surface area (Å²) in [5.41, 5.74) is 0.719. The van der Waals surface area contributed by atoms with Crippen LogP contribution in [-0.2, 0) is 4.79 Å². The molecule has 2 rings (SSSR count). The van der Waals surface area contributed by atoms with Crippen LogP contribution in [-0.4, -0.2) is 12.5 Å². The number of hydrogen-bond acceptors (Lipinski definition) is 2. The number of amides is 1. The van der Waals surface area contributed by atoms with E-state index >= 15 is 0 Å². The number of carbonyl (C=O) groups excluding carboxylic acids is 1. The first-order chi connectivity index (χ1) is 9.95. The molecule has 0 heterocycles. The molecular formula is C15H12ClF2NO2. The fourth-order valence-corrected chi connectivity index (χ4v) is 1.75. The number of anilines is 1. The molecule has 0 aliphatic carbocycles. The van der Waals surface area contributed by atoms with Gasteiger partial charge in [-0.25, -0.2) is 8.78 Å². The van der Waals surface area contributed by atoms with E-state index in [0.717, 1.165) is 17.7 Å². The van der Waals surface area contributed by atoms with Crippen molar-refractivity contribution in [3.63, 3.8) is 0 Å². The number of hydrogen-bond donors (Lipinski definition) is 1. The van der Waals surface area contributed by atoms with Gasteiger partial charge < -0.3 is 10.1 Å². The van der Waals surface area contributed by atoms with Crippen LogP contribution in [0.15, 0.2) is 36.4 Å². The summed E-state index contributed by atoms with van der Waals surface area (Å²) in [5, 5.41) is 2.90. The molecule has 0 bridgehead atoms. The molecule has 0 aliphatic rings. The van der Waals surface area contributed by atoms with E-state index in [1.165, 1.54) is 0 Å². The lowest BCUT2D eigenvalue weighted by Crippen LogP contribution is -2.20. The molecular weight excluding hydrogens is 300 g/mol. The van der Waals surface area contributed by atoms with E-state index in [1.54, 1.807) is 18.2 Å². The second kappa shape index (κ2) is 6.54. The molecule has 0 radical (unpaired) electrons. The van der Waals surface area contributed by atoms with E-state index in [4.69, 9.17) is 16.3 Å². The van der Waals surface area contributed by atoms with Gasteiger partial charge in [-0.15, -0.1) is 0 Å². The zero-order chi connectivity index (χ0) is 15.4. The minimum atomic E-state index is -0.842. The topological polar surface area (TPSA) is 38.3 Å². The second-order valence-corrected chi connectivity index (χ2v) is 4.78. The maximum Gasteiger partial charge on any atom is 0.262 e. The van der Waals surface area contributed by atoms with E-state index in [2.05, 4.69) is 5.32 Å². The zero-order valence-electron chi connectivity index (χ0n) is 11.1. The van der Waals surface area contributed by atoms with E-state index in [-0.39, 0.29) is 12.3 Å². The fraction of sp³-hybridized carbons (Fsp3) is 0.133. The van der Waals surface area contributed by atoms with Gasteiger partial charge in [0.15, 0.2) is 6.61 Å². The lowest BCUT2D eigenvalue weighted by molar-refractivity contribution is -0.118. The summed E-state index contributed by atoms with van der Waals surface area (Å²) in [6.07, 6.45) is 0. The zero-order valence-corrected chi connectivity index (χ0v) is 11.9. The van der Waals surface area contributed by atoms with Crippen LogP contribution in [0.2, 0.25) is 5.02 Å². The molecule has 3 nitrogen and oxygen atoms in total. The Morgan fingerprint density at radius 1 is 1.24 bits per heavy atom. The Balaban J connectivity index is 1.94. The Kier molecular flexibility index (Phi) is 4.75. The van der Waals surface area contributed by atoms with Gasteiger partial charge in [-0.2, -0.15) is 0 Å². The lowest BCUT2D eigenvalue weighted by Gasteiger charge is -2.09. The predicted octanol–water partition coefficient (Wildman–Crippen LogP) is 3.94. The molecule has 0 aromatic heterocycles. The highest BCUT2D eigenvalue weighted by Crippen LogP contribution is 2.21. The maximum atomic E-state index is 13.4. The molecule has 0 aliphatic heterocycles. The summed E-state index contributed by atoms with van der Waals surface area (Å²) in [5.74, 6) is -1.62. The van der Waals surface area contributed by atoms with Crippen LogP contribution in [0.4, 0.5) is 14.5 Å². The van der Waals surface area contributed by atoms with Crippen molar-refractivity contribution in [1.82, 2.24) is 0 Å². The molecule has 21 heavy (non-hydrogen) atoms. The molecule has 0 spiro atoms. The van der Waals surface area contributed by atoms with Crippen molar-refractivity contribution in [3.8, 4) is 5.75 Å². The smallest absolute Gasteiger partial charge is 0.262 e. The van der Waals surface area contributed by atoms with Crippen molar-refractivity contribution in [2.24, 2.45) is 0 Å². The molecule has 0 saturated heterocycles. The minimum Gasteiger partial charge on any atom is -0.484 e. The summed E-state index contributed by atoms with van der Waals surface area (Å²) in [7, 11) is 0. The molecule has 0 atom stereocenters. The van der Waals surface area contributed by atoms with Gasteiger partial charge >= 0.3 is 0 Å². The molecule has 6 heteroatoms. The van der Waals surface area contributed by atoms with Gasteiger partial charge in [0.2, 0.25) is 0 Å². The first-order valence-electron chi connectivity index (χ1n) is 6.09. The quantitative estimate of drug-likeness (QED) is 0.928. The SMILES string of the molecule is Cc1cc(OCC(=O)Nc2ccc(F)cc2F)ccc1Cl. The molecule has 110 valence electrons. The minimum absolute atomic E-state index is 0.0997. The standard InChI is InChI=1S/C15H12ClF2NO2/c1-9-6-11(3-4-12(9)16)21-8-15(20)19-14-5-2-10(17)7-13(14)18/h2-7H,8H2,1H3,(H,19,20). The number of ether oxygens (including phenoxy) is 1. The average molecular weight is 312 g/mol. The van der Waals surface area contributed by atoms with E-state index in [0.29, 0.717) is 16.8 Å². The number of benzene rings is 2. The van der Waals surface area contributed by atoms with Gasteiger partial charge in [0.05, 0.1) is 5.69 Å². The Morgan fingerprint density at radius 2 is 2.00 bits per heavy atom. The van der Waals surface area contributed by atoms with Crippen molar-refractivity contribution in [1.29, 1.82) is 0 Å². The summed E-state index contributed by atoms with van der Waals surface area (Å²) < 4.78 is 31.4. The van der Waals surface area contributed by atoms with Crippen LogP contribution in [0, 0.1) is 18.6 Å². The third-order valence-corrected chi connectivity index (χ3v) is 3.13. The van der Waals surface area contributed by atoms with Crippen molar-refractivity contribution >= 4 is 23.2 Å². The van der Waals surface area contributed by atoms with Crippen LogP contribution < -0.4 is 10.1 Å². The summed E-state index contributed by atoms with van der Waals surface area (Å²) in [4.78, 5) is 11.7. The number of nitrogens with one attached hydrogen (secondary N) is 1. The van der Waals surface area contributed by atoms with Crippen molar-refractivity contribution in [2.75, 3.05) is 11.9 Å². The van der Waals surface area contributed by atoms with Crippen LogP contribution in [0.3, 0.4) is 0 Å². The maximum absolute atomic E-state index is 13.4. The molecule has 2 aromatic carbocycles. The third kappa shape index (κ3) is 4.16. The van der Waals surface area contributed by atoms with Crippen molar-refractivity contribution in [3.05, 3.63) is 58.6 Å². The van der Waals surface area contributed by atoms with Gasteiger partial charge in [0.25, 0.3) is 5.91 Å². The molecule has 1 N–H and O–H groups in total. The Bertz CT molecular complexity index is 677. The van der Waals surface area contributed by atoms with Gasteiger partial charge in [-0.3, -0.25) is 4.79 Å². The van der Waals surface area contributed by atoms with Crippen LogP contribution in [0.1, 0.15) is 5.56 Å². The fourth-order valence-electron chi connectivity index (χ4n) is 1.63. The van der Waals surface area contributed by atoms with Gasteiger partial charge in [-0.05, 0) is 42.8 Å². The molecule has 1 amide bonds. The van der Waals surface area contributed by atoms with Crippen LogP contribution >= 0.6 is 11.6 Å². The Labute approximate surface area is 125 Å². The van der Waals surface area contributed by atoms with E-state index in [9.17, 15) is 13.6 Å². The van der Waals surface area contributed by atoms with Gasteiger partial charge in [0, 0.05) is 11.1 Å². The number of aryl methyl sites for hydroxylation is 1. The highest BCUT2D eigenvalue weighted by Gasteiger charge is 2.09. The van der Waals surface area contributed by atoms with Crippen molar-refractivity contribution in [2.45, 2.75) is 6.92 Å². The predicted molar refractivity (Wildman–Crippen MR) is 76.7 cm³/mol. The van der Waals surface area contributed by atoms with Gasteiger partial charge in [-0.1, -0.05) is 11.6 Å². The highest BCUT2D eigenvalue weighted by molar-refractivity contribution is 6.31. The third-order valence-electron chi connectivity index (χ3n) is 2.70. The van der Waals surface area contributed by atoms with E-state index in [1.807, 2.05) is 6.92 Å². The van der Waals surface area contributed by atoms with Gasteiger partial charge in [0.1, 0.15) is 17.4 Å². The number of rotatable bonds is 4. The second-order valence-electron chi connectivity index (χ2n) is 4.37. The normalized spacial score (nSPS) is 10.3. The first kappa shape index (κ1) is 15.3. The summed E-state index contributed by atoms with van der Waals surface area (Å²) in [6.45, 7) is 1.51. The highest BCUT2D eigenvalue weighted by atomic mass is 35.5. The molecule has 0 unspecified atom stereocenters. The van der Waals surface area contributed by atoms with Crippen molar-refractivity contribution < 1.29 is 18.3 Å². The molecule has 0 saturated carbocycles. The average Bonchev–Trinajstić information content (AvgIpc) is 2.43. The first-order valence-corrected chi connectivity index (χ1v) is 6.47. The molecule has 2 aromatic rings. The summed E-state index contributed by atoms with van der Waals surface area (Å²) >= 11 is 5.87. The Hall–Kier alpha value is -2.14.